The molecule has 0 unspecified atom stereocenters. The second-order valence-electron chi connectivity index (χ2n) is 13.2. The lowest BCUT2D eigenvalue weighted by Crippen LogP contribution is -2.50. The van der Waals surface area contributed by atoms with Crippen molar-refractivity contribution in [2.75, 3.05) is 0 Å². The van der Waals surface area contributed by atoms with Crippen molar-refractivity contribution < 1.29 is 17.2 Å². The van der Waals surface area contributed by atoms with Crippen LogP contribution < -0.4 is 0 Å². The summed E-state index contributed by atoms with van der Waals surface area (Å²) in [5, 5.41) is 0. The molecule has 4 aliphatic rings. The van der Waals surface area contributed by atoms with Gasteiger partial charge >= 0.3 is 10.4 Å². The lowest BCUT2D eigenvalue weighted by Gasteiger charge is -2.58. The van der Waals surface area contributed by atoms with Crippen LogP contribution in [0.3, 0.4) is 0 Å². The molecule has 0 aliphatic heterocycles. The van der Waals surface area contributed by atoms with Crippen LogP contribution in [-0.2, 0) is 14.6 Å². The molecule has 3 fully saturated rings. The maximum atomic E-state index is 11.3. The first-order valence-electron chi connectivity index (χ1n) is 13.7. The predicted octanol–water partition coefficient (Wildman–Crippen LogP) is 7.46. The molecule has 4 aliphatic carbocycles. The summed E-state index contributed by atoms with van der Waals surface area (Å²) in [7, 11) is -4.40. The summed E-state index contributed by atoms with van der Waals surface area (Å²) in [6.07, 6.45) is 14.6. The maximum absolute atomic E-state index is 11.3. The van der Waals surface area contributed by atoms with Gasteiger partial charge in [0.25, 0.3) is 0 Å². The number of fused-ring (bicyclic) bond motifs is 5. The van der Waals surface area contributed by atoms with Crippen molar-refractivity contribution in [3.8, 4) is 0 Å². The average molecular weight is 481 g/mol. The molecule has 0 aromatic rings. The van der Waals surface area contributed by atoms with E-state index in [9.17, 15) is 13.0 Å². The fraction of sp³-hybridized carbons (Fsp3) is 0.929. The van der Waals surface area contributed by atoms with Crippen molar-refractivity contribution >= 4 is 10.4 Å². The molecule has 4 nitrogen and oxygen atoms in total. The van der Waals surface area contributed by atoms with E-state index < -0.39 is 16.5 Å². The highest BCUT2D eigenvalue weighted by atomic mass is 32.3. The van der Waals surface area contributed by atoms with E-state index in [0.29, 0.717) is 29.1 Å². The highest BCUT2D eigenvalue weighted by molar-refractivity contribution is 7.80. The average Bonchev–Trinajstić information content (AvgIpc) is 3.07. The number of hydrogen-bond donors (Lipinski definition) is 1. The van der Waals surface area contributed by atoms with E-state index in [-0.39, 0.29) is 5.92 Å². The van der Waals surface area contributed by atoms with Crippen LogP contribution in [0.15, 0.2) is 11.6 Å². The molecule has 0 saturated heterocycles. The van der Waals surface area contributed by atoms with Gasteiger partial charge in [0.05, 0.1) is 6.10 Å². The second-order valence-corrected chi connectivity index (χ2v) is 14.2. The molecule has 4 rings (SSSR count). The fourth-order valence-corrected chi connectivity index (χ4v) is 9.73. The van der Waals surface area contributed by atoms with Gasteiger partial charge in [0, 0.05) is 0 Å². The Morgan fingerprint density at radius 3 is 2.45 bits per heavy atom. The van der Waals surface area contributed by atoms with Gasteiger partial charge in [-0.3, -0.25) is 4.55 Å². The van der Waals surface area contributed by atoms with Gasteiger partial charge in [-0.2, -0.15) is 8.42 Å². The largest absolute Gasteiger partial charge is 0.397 e. The minimum atomic E-state index is -4.40. The van der Waals surface area contributed by atoms with Crippen molar-refractivity contribution in [3.05, 3.63) is 11.6 Å². The number of rotatable bonds is 7. The third kappa shape index (κ3) is 4.85. The van der Waals surface area contributed by atoms with Crippen LogP contribution >= 0.6 is 0 Å². The first kappa shape index (κ1) is 25.7. The molecule has 3 saturated carbocycles. The lowest BCUT2D eigenvalue weighted by molar-refractivity contribution is -0.0529. The predicted molar refractivity (Wildman–Crippen MR) is 134 cm³/mol. The lowest BCUT2D eigenvalue weighted by atomic mass is 9.46. The molecular formula is C28H48O4S. The smallest absolute Gasteiger partial charge is 0.264 e. The van der Waals surface area contributed by atoms with E-state index in [0.717, 1.165) is 30.1 Å². The van der Waals surface area contributed by atoms with Crippen LogP contribution in [0, 0.1) is 52.3 Å². The standard InChI is InChI=1S/C28H48O4S/c1-18(2)26(32-33(29,30)31)12-7-20(4)23-10-11-24-22-9-8-21-17-19(3)13-15-27(21,5)25(22)14-16-28(23,24)6/h8,18-20,22-26H,7,9-17H2,1-6H3,(H,29,30,31)/t19-,20+,22-,23+,24-,25-,26-,27-,28+/m0/s1. The third-order valence-electron chi connectivity index (χ3n) is 11.0. The van der Waals surface area contributed by atoms with Gasteiger partial charge in [0.15, 0.2) is 0 Å². The van der Waals surface area contributed by atoms with Gasteiger partial charge in [-0.05, 0) is 116 Å². The Balaban J connectivity index is 1.45. The van der Waals surface area contributed by atoms with E-state index in [2.05, 4.69) is 33.8 Å². The molecule has 1 N–H and O–H groups in total. The van der Waals surface area contributed by atoms with E-state index in [4.69, 9.17) is 4.18 Å². The van der Waals surface area contributed by atoms with Gasteiger partial charge in [-0.15, -0.1) is 0 Å². The highest BCUT2D eigenvalue weighted by Gasteiger charge is 2.59. The Morgan fingerprint density at radius 1 is 1.06 bits per heavy atom. The van der Waals surface area contributed by atoms with Crippen molar-refractivity contribution in [1.82, 2.24) is 0 Å². The molecule has 0 spiro atoms. The molecule has 9 atom stereocenters. The van der Waals surface area contributed by atoms with E-state index in [1.54, 1.807) is 5.57 Å². The van der Waals surface area contributed by atoms with Gasteiger partial charge in [-0.1, -0.05) is 53.2 Å². The summed E-state index contributed by atoms with van der Waals surface area (Å²) in [5.41, 5.74) is 2.63. The first-order valence-corrected chi connectivity index (χ1v) is 15.1. The van der Waals surface area contributed by atoms with Crippen molar-refractivity contribution in [2.24, 2.45) is 52.3 Å². The normalized spacial score (nSPS) is 42.8. The number of hydrogen-bond acceptors (Lipinski definition) is 3. The van der Waals surface area contributed by atoms with E-state index in [1.165, 1.54) is 51.4 Å². The molecule has 5 heteroatoms. The number of allylic oxidation sites excluding steroid dienone is 2. The second kappa shape index (κ2) is 9.24. The molecule has 0 aromatic carbocycles. The highest BCUT2D eigenvalue weighted by Crippen LogP contribution is 2.67. The Labute approximate surface area is 203 Å². The minimum Gasteiger partial charge on any atom is -0.264 e. The first-order chi connectivity index (χ1) is 15.3. The zero-order valence-electron chi connectivity index (χ0n) is 21.8. The maximum Gasteiger partial charge on any atom is 0.397 e. The Kier molecular flexibility index (Phi) is 7.20. The summed E-state index contributed by atoms with van der Waals surface area (Å²) in [5.74, 6) is 4.69. The minimum absolute atomic E-state index is 0.0589. The fourth-order valence-electron chi connectivity index (χ4n) is 9.10. The van der Waals surface area contributed by atoms with Crippen LogP contribution in [0.25, 0.3) is 0 Å². The third-order valence-corrected chi connectivity index (χ3v) is 11.5. The van der Waals surface area contributed by atoms with Crippen LogP contribution in [0.2, 0.25) is 0 Å². The van der Waals surface area contributed by atoms with Crippen molar-refractivity contribution in [2.45, 2.75) is 112 Å². The quantitative estimate of drug-likeness (QED) is 0.303. The van der Waals surface area contributed by atoms with Crippen molar-refractivity contribution in [1.29, 1.82) is 0 Å². The Bertz CT molecular complexity index is 848. The topological polar surface area (TPSA) is 63.6 Å². The van der Waals surface area contributed by atoms with Gasteiger partial charge in [0.2, 0.25) is 0 Å². The zero-order valence-corrected chi connectivity index (χ0v) is 22.7. The van der Waals surface area contributed by atoms with Gasteiger partial charge < -0.3 is 0 Å². The van der Waals surface area contributed by atoms with E-state index in [1.807, 2.05) is 13.8 Å². The molecule has 0 amide bonds. The Morgan fingerprint density at radius 2 is 1.79 bits per heavy atom. The zero-order chi connectivity index (χ0) is 24.2. The van der Waals surface area contributed by atoms with Crippen LogP contribution in [0.1, 0.15) is 106 Å². The van der Waals surface area contributed by atoms with Crippen molar-refractivity contribution in [3.63, 3.8) is 0 Å². The monoisotopic (exact) mass is 480 g/mol. The SMILES string of the molecule is CC(C)[C@H](CC[C@@H](C)[C@H]1CC[C@H]2[C@@H]3CC=C4C[C@@H](C)CC[C@]4(C)[C@H]3CC[C@]12C)OS(=O)(=O)O. The molecule has 33 heavy (non-hydrogen) atoms. The molecule has 0 bridgehead atoms. The van der Waals surface area contributed by atoms with Crippen LogP contribution in [0.4, 0.5) is 0 Å². The summed E-state index contributed by atoms with van der Waals surface area (Å²) >= 11 is 0. The van der Waals surface area contributed by atoms with Gasteiger partial charge in [-0.25, -0.2) is 4.18 Å². The summed E-state index contributed by atoms with van der Waals surface area (Å²) < 4.78 is 36.8. The van der Waals surface area contributed by atoms with Crippen LogP contribution in [0.5, 0.6) is 0 Å². The summed E-state index contributed by atoms with van der Waals surface area (Å²) in [4.78, 5) is 0. The molecular weight excluding hydrogens is 432 g/mol. The van der Waals surface area contributed by atoms with Gasteiger partial charge in [0.1, 0.15) is 0 Å². The van der Waals surface area contributed by atoms with E-state index >= 15 is 0 Å². The summed E-state index contributed by atoms with van der Waals surface area (Å²) in [6, 6.07) is 0. The molecule has 0 aromatic heterocycles. The molecule has 0 radical (unpaired) electrons. The summed E-state index contributed by atoms with van der Waals surface area (Å²) in [6.45, 7) is 13.9. The molecule has 0 heterocycles. The molecule has 190 valence electrons. The Hall–Kier alpha value is -0.390. The van der Waals surface area contributed by atoms with Crippen LogP contribution in [-0.4, -0.2) is 19.1 Å².